The Labute approximate surface area is 104 Å². The lowest BCUT2D eigenvalue weighted by molar-refractivity contribution is 0.130. The molecule has 94 valence electrons. The maximum atomic E-state index is 9.69. The zero-order chi connectivity index (χ0) is 12.5. The lowest BCUT2D eigenvalue weighted by Crippen LogP contribution is -2.49. The Morgan fingerprint density at radius 1 is 1.59 bits per heavy atom. The highest BCUT2D eigenvalue weighted by molar-refractivity contribution is 6.45. The van der Waals surface area contributed by atoms with Gasteiger partial charge < -0.3 is 14.4 Å². The first-order chi connectivity index (χ1) is 7.98. The van der Waals surface area contributed by atoms with Crippen LogP contribution in [0.3, 0.4) is 0 Å². The Hall–Kier alpha value is -0.805. The van der Waals surface area contributed by atoms with Gasteiger partial charge >= 0.3 is 7.05 Å². The van der Waals surface area contributed by atoms with E-state index in [1.54, 1.807) is 0 Å². The van der Waals surface area contributed by atoms with Gasteiger partial charge in [-0.3, -0.25) is 0 Å². The van der Waals surface area contributed by atoms with Crippen molar-refractivity contribution < 1.29 is 5.02 Å². The third-order valence-electron chi connectivity index (χ3n) is 3.67. The molecule has 1 aliphatic rings. The summed E-state index contributed by atoms with van der Waals surface area (Å²) < 4.78 is 2.17. The van der Waals surface area contributed by atoms with Crippen LogP contribution in [0.5, 0.6) is 0 Å². The van der Waals surface area contributed by atoms with Crippen molar-refractivity contribution in [3.8, 4) is 0 Å². The van der Waals surface area contributed by atoms with Crippen molar-refractivity contribution in [3.63, 3.8) is 0 Å². The Morgan fingerprint density at radius 2 is 2.35 bits per heavy atom. The minimum Gasteiger partial charge on any atom is -0.437 e. The van der Waals surface area contributed by atoms with Crippen LogP contribution in [-0.4, -0.2) is 39.5 Å². The lowest BCUT2D eigenvalue weighted by Gasteiger charge is -2.41. The van der Waals surface area contributed by atoms with Gasteiger partial charge in [0, 0.05) is 12.7 Å². The topological polar surface area (TPSA) is 41.3 Å². The van der Waals surface area contributed by atoms with E-state index >= 15 is 0 Å². The number of hydrogen-bond donors (Lipinski definition) is 1. The smallest absolute Gasteiger partial charge is 0.376 e. The molecule has 0 amide bonds. The third-order valence-corrected chi connectivity index (χ3v) is 3.67. The van der Waals surface area contributed by atoms with E-state index in [-0.39, 0.29) is 12.5 Å². The Balaban J connectivity index is 2.03. The minimum absolute atomic E-state index is 0.238. The van der Waals surface area contributed by atoms with Gasteiger partial charge in [0.1, 0.15) is 0 Å². The van der Waals surface area contributed by atoms with Crippen LogP contribution in [-0.2, 0) is 6.54 Å². The number of aromatic nitrogens is 2. The number of imidazole rings is 1. The van der Waals surface area contributed by atoms with Gasteiger partial charge in [0.15, 0.2) is 0 Å². The molecule has 1 aromatic rings. The molecule has 1 aromatic heterocycles. The molecule has 5 heteroatoms. The standard InChI is InChI=1S/C12H22BN3O/c1-11-7-15(10-14-11)8-12(2)5-4-6-16(9-12)13(3)17/h7,10,17H,4-6,8-9H2,1-3H3/t12-/m1/s1. The van der Waals surface area contributed by atoms with Crippen molar-refractivity contribution >= 4 is 7.05 Å². The van der Waals surface area contributed by atoms with E-state index in [0.717, 1.165) is 31.7 Å². The third kappa shape index (κ3) is 3.10. The molecule has 0 radical (unpaired) electrons. The zero-order valence-electron chi connectivity index (χ0n) is 11.1. The van der Waals surface area contributed by atoms with E-state index in [2.05, 4.69) is 27.5 Å². The normalized spacial score (nSPS) is 26.1. The molecule has 0 aliphatic carbocycles. The van der Waals surface area contributed by atoms with Gasteiger partial charge in [-0.25, -0.2) is 4.98 Å². The molecule has 2 rings (SSSR count). The predicted molar refractivity (Wildman–Crippen MR) is 69.7 cm³/mol. The molecule has 1 N–H and O–H groups in total. The molecule has 0 spiro atoms. The second kappa shape index (κ2) is 4.82. The molecule has 0 bridgehead atoms. The second-order valence-electron chi connectivity index (χ2n) is 5.70. The second-order valence-corrected chi connectivity index (χ2v) is 5.70. The summed E-state index contributed by atoms with van der Waals surface area (Å²) in [5.74, 6) is 0. The van der Waals surface area contributed by atoms with E-state index in [9.17, 15) is 5.02 Å². The molecule has 1 saturated heterocycles. The highest BCUT2D eigenvalue weighted by atomic mass is 16.2. The monoisotopic (exact) mass is 235 g/mol. The van der Waals surface area contributed by atoms with Crippen LogP contribution in [0, 0.1) is 12.3 Å². The van der Waals surface area contributed by atoms with Crippen molar-refractivity contribution in [2.24, 2.45) is 5.41 Å². The minimum atomic E-state index is -0.334. The summed E-state index contributed by atoms with van der Waals surface area (Å²) in [5, 5.41) is 9.69. The number of nitrogens with zero attached hydrogens (tertiary/aromatic N) is 3. The predicted octanol–water partition coefficient (Wildman–Crippen LogP) is 1.40. The van der Waals surface area contributed by atoms with Gasteiger partial charge in [0.2, 0.25) is 0 Å². The summed E-state index contributed by atoms with van der Waals surface area (Å²) >= 11 is 0. The summed E-state index contributed by atoms with van der Waals surface area (Å²) in [4.78, 5) is 6.43. The molecular formula is C12H22BN3O. The molecule has 0 unspecified atom stereocenters. The maximum Gasteiger partial charge on any atom is 0.376 e. The van der Waals surface area contributed by atoms with Crippen LogP contribution in [0.15, 0.2) is 12.5 Å². The molecule has 0 saturated carbocycles. The van der Waals surface area contributed by atoms with Gasteiger partial charge in [-0.15, -0.1) is 0 Å². The largest absolute Gasteiger partial charge is 0.437 e. The van der Waals surface area contributed by atoms with Crippen LogP contribution in [0.25, 0.3) is 0 Å². The quantitative estimate of drug-likeness (QED) is 0.805. The average molecular weight is 235 g/mol. The van der Waals surface area contributed by atoms with Crippen LogP contribution < -0.4 is 0 Å². The fourth-order valence-corrected chi connectivity index (χ4v) is 2.80. The molecule has 2 heterocycles. The first-order valence-electron chi connectivity index (χ1n) is 6.39. The van der Waals surface area contributed by atoms with E-state index in [1.165, 1.54) is 6.42 Å². The van der Waals surface area contributed by atoms with Crippen molar-refractivity contribution in [2.45, 2.75) is 40.1 Å². The molecule has 1 aliphatic heterocycles. The van der Waals surface area contributed by atoms with Crippen molar-refractivity contribution in [3.05, 3.63) is 18.2 Å². The van der Waals surface area contributed by atoms with Crippen LogP contribution >= 0.6 is 0 Å². The number of rotatable bonds is 3. The Bertz CT molecular complexity index is 380. The van der Waals surface area contributed by atoms with E-state index < -0.39 is 0 Å². The summed E-state index contributed by atoms with van der Waals surface area (Å²) in [6.07, 6.45) is 6.37. The van der Waals surface area contributed by atoms with E-state index in [1.807, 2.05) is 20.1 Å². The summed E-state index contributed by atoms with van der Waals surface area (Å²) in [6.45, 7) is 9.13. The van der Waals surface area contributed by atoms with E-state index in [4.69, 9.17) is 0 Å². The summed E-state index contributed by atoms with van der Waals surface area (Å²) in [6, 6.07) is 0. The van der Waals surface area contributed by atoms with Crippen LogP contribution in [0.2, 0.25) is 6.82 Å². The van der Waals surface area contributed by atoms with E-state index in [0.29, 0.717) is 0 Å². The van der Waals surface area contributed by atoms with Gasteiger partial charge in [-0.1, -0.05) is 6.92 Å². The van der Waals surface area contributed by atoms with Gasteiger partial charge in [0.25, 0.3) is 0 Å². The van der Waals surface area contributed by atoms with Gasteiger partial charge in [-0.05, 0) is 45.1 Å². The SMILES string of the molecule is CB(O)N1CCC[C@](C)(Cn2cnc(C)c2)C1. The highest BCUT2D eigenvalue weighted by Crippen LogP contribution is 2.31. The number of aryl methyl sites for hydroxylation is 1. The van der Waals surface area contributed by atoms with Crippen LogP contribution in [0.1, 0.15) is 25.5 Å². The molecule has 4 nitrogen and oxygen atoms in total. The lowest BCUT2D eigenvalue weighted by atomic mass is 9.74. The number of hydrogen-bond acceptors (Lipinski definition) is 3. The van der Waals surface area contributed by atoms with Gasteiger partial charge in [0.05, 0.1) is 12.0 Å². The van der Waals surface area contributed by atoms with Crippen molar-refractivity contribution in [2.75, 3.05) is 13.1 Å². The fourth-order valence-electron chi connectivity index (χ4n) is 2.80. The molecular weight excluding hydrogens is 213 g/mol. The van der Waals surface area contributed by atoms with Crippen LogP contribution in [0.4, 0.5) is 0 Å². The molecule has 17 heavy (non-hydrogen) atoms. The fraction of sp³-hybridized carbons (Fsp3) is 0.750. The van der Waals surface area contributed by atoms with Crippen molar-refractivity contribution in [1.82, 2.24) is 14.4 Å². The molecule has 1 atom stereocenters. The molecule has 1 fully saturated rings. The van der Waals surface area contributed by atoms with Gasteiger partial charge in [-0.2, -0.15) is 0 Å². The highest BCUT2D eigenvalue weighted by Gasteiger charge is 2.33. The first kappa shape index (κ1) is 12.6. The molecule has 0 aromatic carbocycles. The summed E-state index contributed by atoms with van der Waals surface area (Å²) in [7, 11) is -0.334. The number of piperidine rings is 1. The van der Waals surface area contributed by atoms with Crippen molar-refractivity contribution in [1.29, 1.82) is 0 Å². The Kier molecular flexibility index (Phi) is 3.59. The average Bonchev–Trinajstić information content (AvgIpc) is 2.63. The first-order valence-corrected chi connectivity index (χ1v) is 6.39. The summed E-state index contributed by atoms with van der Waals surface area (Å²) in [5.41, 5.74) is 1.30. The Morgan fingerprint density at radius 3 is 2.94 bits per heavy atom. The maximum absolute atomic E-state index is 9.69. The zero-order valence-corrected chi connectivity index (χ0v) is 11.1.